The van der Waals surface area contributed by atoms with Gasteiger partial charge in [-0.05, 0) is 56.9 Å². The van der Waals surface area contributed by atoms with Gasteiger partial charge in [-0.1, -0.05) is 30.6 Å². The minimum Gasteiger partial charge on any atom is -0.340 e. The van der Waals surface area contributed by atoms with E-state index in [1.54, 1.807) is 16.8 Å². The maximum absolute atomic E-state index is 12.8. The van der Waals surface area contributed by atoms with Gasteiger partial charge in [-0.15, -0.1) is 0 Å². The molecule has 152 valence electrons. The first kappa shape index (κ1) is 19.6. The molecule has 1 fully saturated rings. The van der Waals surface area contributed by atoms with E-state index >= 15 is 0 Å². The van der Waals surface area contributed by atoms with Crippen molar-refractivity contribution in [2.45, 2.75) is 52.5 Å². The molecule has 1 saturated carbocycles. The lowest BCUT2D eigenvalue weighted by molar-refractivity contribution is 0.0914. The Balaban J connectivity index is 1.51. The second-order valence-electron chi connectivity index (χ2n) is 7.90. The van der Waals surface area contributed by atoms with Crippen molar-refractivity contribution in [1.82, 2.24) is 25.2 Å². The van der Waals surface area contributed by atoms with E-state index in [1.165, 1.54) is 0 Å². The SMILES string of the molecule is Cc1nn(-c2ccc(C(=O)NC(c3nc(C4CC4)no3)C(C)C)cc2)c(C)c1Cl. The number of halogens is 1. The first-order valence-electron chi connectivity index (χ1n) is 9.81. The van der Waals surface area contributed by atoms with E-state index in [0.717, 1.165) is 35.7 Å². The van der Waals surface area contributed by atoms with Gasteiger partial charge < -0.3 is 9.84 Å². The molecule has 4 rings (SSSR count). The number of carbonyl (C=O) groups is 1. The standard InChI is InChI=1S/C21H24ClN5O2/c1-11(2)18(21-24-19(26-29-21)14-5-6-14)23-20(28)15-7-9-16(10-8-15)27-13(4)17(22)12(3)25-27/h7-11,14,18H,5-6H2,1-4H3,(H,23,28). The van der Waals surface area contributed by atoms with Gasteiger partial charge in [0.2, 0.25) is 5.89 Å². The fourth-order valence-electron chi connectivity index (χ4n) is 3.25. The van der Waals surface area contributed by atoms with Crippen LogP contribution in [0.5, 0.6) is 0 Å². The van der Waals surface area contributed by atoms with Crippen LogP contribution < -0.4 is 5.32 Å². The van der Waals surface area contributed by atoms with Crippen molar-refractivity contribution in [3.63, 3.8) is 0 Å². The highest BCUT2D eigenvalue weighted by atomic mass is 35.5. The molecule has 0 aliphatic heterocycles. The van der Waals surface area contributed by atoms with Crippen molar-refractivity contribution in [3.8, 4) is 5.69 Å². The molecule has 0 spiro atoms. The number of benzene rings is 1. The molecule has 2 heterocycles. The number of aromatic nitrogens is 4. The predicted molar refractivity (Wildman–Crippen MR) is 109 cm³/mol. The van der Waals surface area contributed by atoms with Crippen molar-refractivity contribution in [3.05, 3.63) is 58.0 Å². The average molecular weight is 414 g/mol. The van der Waals surface area contributed by atoms with E-state index in [4.69, 9.17) is 16.1 Å². The van der Waals surface area contributed by atoms with Crippen LogP contribution in [0.2, 0.25) is 5.02 Å². The fourth-order valence-corrected chi connectivity index (χ4v) is 3.37. The molecule has 3 aromatic rings. The Bertz CT molecular complexity index is 1030. The minimum absolute atomic E-state index is 0.113. The highest BCUT2D eigenvalue weighted by molar-refractivity contribution is 6.31. The molecular formula is C21H24ClN5O2. The summed E-state index contributed by atoms with van der Waals surface area (Å²) in [6.45, 7) is 7.81. The average Bonchev–Trinajstić information content (AvgIpc) is 3.39. The molecular weight excluding hydrogens is 390 g/mol. The van der Waals surface area contributed by atoms with Gasteiger partial charge in [-0.25, -0.2) is 4.68 Å². The number of nitrogens with zero attached hydrogens (tertiary/aromatic N) is 4. The molecule has 1 aliphatic carbocycles. The highest BCUT2D eigenvalue weighted by Gasteiger charge is 2.31. The number of rotatable bonds is 6. The molecule has 1 aromatic carbocycles. The van der Waals surface area contributed by atoms with Crippen LogP contribution >= 0.6 is 11.6 Å². The number of hydrogen-bond donors (Lipinski definition) is 1. The minimum atomic E-state index is -0.336. The zero-order valence-electron chi connectivity index (χ0n) is 16.9. The lowest BCUT2D eigenvalue weighted by atomic mass is 10.0. The summed E-state index contributed by atoms with van der Waals surface area (Å²) in [5.41, 5.74) is 3.04. The van der Waals surface area contributed by atoms with Crippen LogP contribution in [-0.2, 0) is 0 Å². The van der Waals surface area contributed by atoms with Gasteiger partial charge in [0.1, 0.15) is 6.04 Å². The number of amides is 1. The molecule has 1 amide bonds. The number of nitrogens with one attached hydrogen (secondary N) is 1. The Kier molecular flexibility index (Phi) is 5.17. The number of hydrogen-bond acceptors (Lipinski definition) is 5. The van der Waals surface area contributed by atoms with Gasteiger partial charge in [0, 0.05) is 11.5 Å². The third-order valence-corrected chi connectivity index (χ3v) is 5.74. The molecule has 1 unspecified atom stereocenters. The fraction of sp³-hybridized carbons (Fsp3) is 0.429. The van der Waals surface area contributed by atoms with Gasteiger partial charge in [0.05, 0.1) is 22.1 Å². The highest BCUT2D eigenvalue weighted by Crippen LogP contribution is 2.38. The van der Waals surface area contributed by atoms with Crippen molar-refractivity contribution < 1.29 is 9.32 Å². The third kappa shape index (κ3) is 3.92. The molecule has 1 aliphatic rings. The summed E-state index contributed by atoms with van der Waals surface area (Å²) in [7, 11) is 0. The van der Waals surface area contributed by atoms with E-state index in [9.17, 15) is 4.79 Å². The summed E-state index contributed by atoms with van der Waals surface area (Å²) in [5.74, 6) is 1.54. The van der Waals surface area contributed by atoms with Gasteiger partial charge in [0.25, 0.3) is 5.91 Å². The zero-order valence-corrected chi connectivity index (χ0v) is 17.7. The predicted octanol–water partition coefficient (Wildman–Crippen LogP) is 4.53. The van der Waals surface area contributed by atoms with E-state index in [-0.39, 0.29) is 17.9 Å². The van der Waals surface area contributed by atoms with Gasteiger partial charge in [-0.2, -0.15) is 10.1 Å². The second kappa shape index (κ2) is 7.63. The lowest BCUT2D eigenvalue weighted by Gasteiger charge is -2.18. The van der Waals surface area contributed by atoms with Gasteiger partial charge in [0.15, 0.2) is 5.82 Å². The normalized spacial score (nSPS) is 15.0. The van der Waals surface area contributed by atoms with E-state index in [2.05, 4.69) is 20.6 Å². The summed E-state index contributed by atoms with van der Waals surface area (Å²) in [4.78, 5) is 17.3. The third-order valence-electron chi connectivity index (χ3n) is 5.20. The molecule has 0 radical (unpaired) electrons. The van der Waals surface area contributed by atoms with E-state index < -0.39 is 0 Å². The first-order chi connectivity index (χ1) is 13.8. The number of carbonyl (C=O) groups excluding carboxylic acids is 1. The van der Waals surface area contributed by atoms with Crippen LogP contribution in [0.3, 0.4) is 0 Å². The Hall–Kier alpha value is -2.67. The Morgan fingerprint density at radius 2 is 1.93 bits per heavy atom. The maximum atomic E-state index is 12.8. The van der Waals surface area contributed by atoms with Gasteiger partial charge >= 0.3 is 0 Å². The number of aryl methyl sites for hydroxylation is 1. The van der Waals surface area contributed by atoms with Crippen LogP contribution in [0, 0.1) is 19.8 Å². The Labute approximate surface area is 174 Å². The van der Waals surface area contributed by atoms with Crippen LogP contribution in [0.4, 0.5) is 0 Å². The quantitative estimate of drug-likeness (QED) is 0.641. The lowest BCUT2D eigenvalue weighted by Crippen LogP contribution is -2.32. The van der Waals surface area contributed by atoms with Crippen LogP contribution in [0.15, 0.2) is 28.8 Å². The second-order valence-corrected chi connectivity index (χ2v) is 8.28. The van der Waals surface area contributed by atoms with Crippen LogP contribution in [0.1, 0.15) is 72.1 Å². The summed E-state index contributed by atoms with van der Waals surface area (Å²) >= 11 is 6.23. The monoisotopic (exact) mass is 413 g/mol. The Morgan fingerprint density at radius 3 is 2.48 bits per heavy atom. The van der Waals surface area contributed by atoms with Crippen molar-refractivity contribution >= 4 is 17.5 Å². The van der Waals surface area contributed by atoms with Crippen LogP contribution in [-0.4, -0.2) is 25.8 Å². The molecule has 1 atom stereocenters. The topological polar surface area (TPSA) is 85.8 Å². The molecule has 0 saturated heterocycles. The maximum Gasteiger partial charge on any atom is 0.251 e. The van der Waals surface area contributed by atoms with E-state index in [1.807, 2.05) is 39.8 Å². The van der Waals surface area contributed by atoms with Crippen LogP contribution in [0.25, 0.3) is 5.69 Å². The van der Waals surface area contributed by atoms with E-state index in [0.29, 0.717) is 22.4 Å². The molecule has 7 nitrogen and oxygen atoms in total. The summed E-state index contributed by atoms with van der Waals surface area (Å²) in [5, 5.41) is 12.2. The summed E-state index contributed by atoms with van der Waals surface area (Å²) in [6.07, 6.45) is 2.20. The van der Waals surface area contributed by atoms with Gasteiger partial charge in [-0.3, -0.25) is 4.79 Å². The van der Waals surface area contributed by atoms with Crippen molar-refractivity contribution in [2.24, 2.45) is 5.92 Å². The summed E-state index contributed by atoms with van der Waals surface area (Å²) < 4.78 is 7.20. The smallest absolute Gasteiger partial charge is 0.251 e. The molecule has 2 aromatic heterocycles. The van der Waals surface area contributed by atoms with Crippen molar-refractivity contribution in [1.29, 1.82) is 0 Å². The first-order valence-corrected chi connectivity index (χ1v) is 10.2. The summed E-state index contributed by atoms with van der Waals surface area (Å²) in [6, 6.07) is 6.92. The molecule has 1 N–H and O–H groups in total. The van der Waals surface area contributed by atoms with Crippen molar-refractivity contribution in [2.75, 3.05) is 0 Å². The zero-order chi connectivity index (χ0) is 20.7. The molecule has 0 bridgehead atoms. The molecule has 8 heteroatoms. The largest absolute Gasteiger partial charge is 0.340 e. The Morgan fingerprint density at radius 1 is 1.24 bits per heavy atom. The molecule has 29 heavy (non-hydrogen) atoms.